The summed E-state index contributed by atoms with van der Waals surface area (Å²) in [5.74, 6) is 0.305. The molecule has 0 bridgehead atoms. The number of benzene rings is 2. The lowest BCUT2D eigenvalue weighted by molar-refractivity contribution is -0.125. The third kappa shape index (κ3) is 4.71. The molecule has 0 spiro atoms. The highest BCUT2D eigenvalue weighted by Crippen LogP contribution is 2.41. The van der Waals surface area contributed by atoms with Crippen LogP contribution < -0.4 is 4.74 Å². The Morgan fingerprint density at radius 1 is 0.967 bits per heavy atom. The number of hydrogen-bond donors (Lipinski definition) is 0. The monoisotopic (exact) mass is 423 g/mol. The summed E-state index contributed by atoms with van der Waals surface area (Å²) in [5.41, 5.74) is 0.823. The molecule has 0 radical (unpaired) electrons. The summed E-state index contributed by atoms with van der Waals surface area (Å²) >= 11 is 0. The van der Waals surface area contributed by atoms with Gasteiger partial charge in [-0.05, 0) is 35.8 Å². The van der Waals surface area contributed by atoms with Gasteiger partial charge < -0.3 is 9.16 Å². The second-order valence-corrected chi connectivity index (χ2v) is 13.7. The molecule has 2 atom stereocenters. The minimum Gasteiger partial charge on any atom is -0.410 e. The highest BCUT2D eigenvalue weighted by atomic mass is 28.4. The third-order valence-electron chi connectivity index (χ3n) is 5.79. The van der Waals surface area contributed by atoms with Crippen molar-refractivity contribution in [2.24, 2.45) is 0 Å². The number of amides is 1. The van der Waals surface area contributed by atoms with Crippen LogP contribution in [0.2, 0.25) is 18.1 Å². The van der Waals surface area contributed by atoms with Crippen molar-refractivity contribution in [2.75, 3.05) is 0 Å². The van der Waals surface area contributed by atoms with Gasteiger partial charge in [0.25, 0.3) is 0 Å². The molecule has 5 nitrogen and oxygen atoms in total. The quantitative estimate of drug-likeness (QED) is 0.591. The van der Waals surface area contributed by atoms with Gasteiger partial charge in [-0.3, -0.25) is 9.69 Å². The first-order valence-corrected chi connectivity index (χ1v) is 13.0. The van der Waals surface area contributed by atoms with Gasteiger partial charge in [0, 0.05) is 12.3 Å². The molecule has 1 aliphatic heterocycles. The first-order valence-electron chi connectivity index (χ1n) is 10.1. The summed E-state index contributed by atoms with van der Waals surface area (Å²) < 4.78 is 12.1. The molecule has 0 unspecified atom stereocenters. The Balaban J connectivity index is 1.98. The fraction of sp³-hybridized carbons (Fsp3) is 0.333. The predicted octanol–water partition coefficient (Wildman–Crippen LogP) is 5.72. The maximum atomic E-state index is 13.1. The second kappa shape index (κ2) is 8.58. The van der Waals surface area contributed by atoms with Crippen molar-refractivity contribution >= 4 is 20.2 Å². The largest absolute Gasteiger partial charge is 0.419 e. The number of ketones is 1. The van der Waals surface area contributed by atoms with Crippen molar-refractivity contribution < 1.29 is 18.8 Å². The summed E-state index contributed by atoms with van der Waals surface area (Å²) in [6.07, 6.45) is 1.56. The van der Waals surface area contributed by atoms with Crippen LogP contribution in [0.25, 0.3) is 0 Å². The van der Waals surface area contributed by atoms with E-state index in [9.17, 15) is 9.59 Å². The van der Waals surface area contributed by atoms with Crippen LogP contribution in [-0.4, -0.2) is 31.2 Å². The summed E-state index contributed by atoms with van der Waals surface area (Å²) in [7, 11) is -2.28. The van der Waals surface area contributed by atoms with Crippen LogP contribution in [0.3, 0.4) is 0 Å². The van der Waals surface area contributed by atoms with Crippen LogP contribution in [-0.2, 0) is 9.22 Å². The van der Waals surface area contributed by atoms with Gasteiger partial charge in [-0.1, -0.05) is 69.3 Å². The normalized spacial score (nSPS) is 19.6. The molecular weight excluding hydrogens is 394 g/mol. The van der Waals surface area contributed by atoms with E-state index in [1.54, 1.807) is 24.3 Å². The number of rotatable bonds is 4. The molecule has 6 heteroatoms. The Bertz CT molecular complexity index is 919. The minimum atomic E-state index is -2.28. The van der Waals surface area contributed by atoms with Gasteiger partial charge in [-0.2, -0.15) is 0 Å². The van der Waals surface area contributed by atoms with Crippen molar-refractivity contribution in [2.45, 2.75) is 51.0 Å². The van der Waals surface area contributed by atoms with Gasteiger partial charge in [-0.25, -0.2) is 4.79 Å². The van der Waals surface area contributed by atoms with Gasteiger partial charge in [-0.15, -0.1) is 0 Å². The summed E-state index contributed by atoms with van der Waals surface area (Å²) in [6.45, 7) is 10.6. The average molecular weight is 424 g/mol. The van der Waals surface area contributed by atoms with E-state index in [0.29, 0.717) is 5.75 Å². The van der Waals surface area contributed by atoms with E-state index < -0.39 is 26.6 Å². The average Bonchev–Trinajstić information content (AvgIpc) is 2.69. The summed E-state index contributed by atoms with van der Waals surface area (Å²) in [6, 6.07) is 17.8. The fourth-order valence-corrected chi connectivity index (χ4v) is 4.30. The van der Waals surface area contributed by atoms with E-state index in [1.165, 1.54) is 17.2 Å². The molecule has 2 aromatic carbocycles. The summed E-state index contributed by atoms with van der Waals surface area (Å²) in [4.78, 5) is 27.5. The maximum Gasteiger partial charge on any atom is 0.419 e. The molecule has 3 rings (SSSR count). The molecule has 0 N–H and O–H groups in total. The summed E-state index contributed by atoms with van der Waals surface area (Å²) in [5, 5.41) is -0.0783. The number of ether oxygens (including phenoxy) is 1. The molecule has 0 aromatic heterocycles. The lowest BCUT2D eigenvalue weighted by Gasteiger charge is -2.43. The van der Waals surface area contributed by atoms with Crippen LogP contribution in [0.1, 0.15) is 32.4 Å². The maximum absolute atomic E-state index is 13.1. The second-order valence-electron chi connectivity index (χ2n) is 8.96. The van der Waals surface area contributed by atoms with Crippen LogP contribution in [0.5, 0.6) is 5.75 Å². The molecule has 1 heterocycles. The van der Waals surface area contributed by atoms with Crippen LogP contribution in [0.15, 0.2) is 72.9 Å². The van der Waals surface area contributed by atoms with Gasteiger partial charge in [0.05, 0.1) is 6.04 Å². The molecule has 0 aliphatic carbocycles. The van der Waals surface area contributed by atoms with E-state index in [1.807, 2.05) is 36.4 Å². The van der Waals surface area contributed by atoms with Crippen molar-refractivity contribution in [3.63, 3.8) is 0 Å². The smallest absolute Gasteiger partial charge is 0.410 e. The standard InChI is InChI=1S/C24H29NO4Si/c1-24(2,3)30(4,5)29-22-20(26)16-17-25(21(22)18-12-8-6-9-13-18)23(27)28-19-14-10-7-11-15-19/h6-17,21-22H,1-5H3/t21-,22+/m1/s1. The number of carbonyl (C=O) groups excluding carboxylic acids is 2. The predicted molar refractivity (Wildman–Crippen MR) is 120 cm³/mol. The Morgan fingerprint density at radius 3 is 2.10 bits per heavy atom. The van der Waals surface area contributed by atoms with E-state index in [2.05, 4.69) is 33.9 Å². The Hall–Kier alpha value is -2.70. The topological polar surface area (TPSA) is 55.8 Å². The molecular formula is C24H29NO4Si. The molecule has 0 fully saturated rings. The first-order chi connectivity index (χ1) is 14.1. The third-order valence-corrected chi connectivity index (χ3v) is 10.2. The lowest BCUT2D eigenvalue weighted by atomic mass is 9.95. The highest BCUT2D eigenvalue weighted by molar-refractivity contribution is 6.74. The van der Waals surface area contributed by atoms with Crippen molar-refractivity contribution in [3.05, 3.63) is 78.5 Å². The van der Waals surface area contributed by atoms with Gasteiger partial charge in [0.1, 0.15) is 11.9 Å². The van der Waals surface area contributed by atoms with Crippen molar-refractivity contribution in [3.8, 4) is 5.75 Å². The Morgan fingerprint density at radius 2 is 1.53 bits per heavy atom. The molecule has 0 saturated heterocycles. The minimum absolute atomic E-state index is 0.0783. The number of carbonyl (C=O) groups is 2. The molecule has 1 aliphatic rings. The highest BCUT2D eigenvalue weighted by Gasteiger charge is 2.46. The van der Waals surface area contributed by atoms with Gasteiger partial charge >= 0.3 is 6.09 Å². The molecule has 158 valence electrons. The van der Waals surface area contributed by atoms with Crippen molar-refractivity contribution in [1.29, 1.82) is 0 Å². The van der Waals surface area contributed by atoms with Crippen LogP contribution >= 0.6 is 0 Å². The molecule has 0 saturated carbocycles. The molecule has 1 amide bonds. The van der Waals surface area contributed by atoms with Crippen molar-refractivity contribution in [1.82, 2.24) is 4.90 Å². The Labute approximate surface area is 179 Å². The van der Waals surface area contributed by atoms with E-state index in [-0.39, 0.29) is 10.8 Å². The Kier molecular flexibility index (Phi) is 6.29. The van der Waals surface area contributed by atoms with Crippen LogP contribution in [0.4, 0.5) is 4.79 Å². The van der Waals surface area contributed by atoms with E-state index in [4.69, 9.17) is 9.16 Å². The molecule has 30 heavy (non-hydrogen) atoms. The number of hydrogen-bond acceptors (Lipinski definition) is 4. The van der Waals surface area contributed by atoms with E-state index in [0.717, 1.165) is 5.56 Å². The zero-order valence-corrected chi connectivity index (χ0v) is 19.2. The number of para-hydroxylation sites is 1. The first kappa shape index (κ1) is 22.0. The zero-order chi connectivity index (χ0) is 21.9. The van der Waals surface area contributed by atoms with E-state index >= 15 is 0 Å². The van der Waals surface area contributed by atoms with Crippen LogP contribution in [0, 0.1) is 0 Å². The molecule has 2 aromatic rings. The number of nitrogens with zero attached hydrogens (tertiary/aromatic N) is 1. The fourth-order valence-electron chi connectivity index (χ4n) is 3.06. The SMILES string of the molecule is CC(C)(C)[Si](C)(C)O[C@H]1C(=O)C=CN(C(=O)Oc2ccccc2)[C@@H]1c1ccccc1. The lowest BCUT2D eigenvalue weighted by Crippen LogP contribution is -2.52. The van der Waals surface area contributed by atoms with Gasteiger partial charge in [0.2, 0.25) is 0 Å². The van der Waals surface area contributed by atoms with Gasteiger partial charge in [0.15, 0.2) is 14.1 Å². The zero-order valence-electron chi connectivity index (χ0n) is 18.2.